The summed E-state index contributed by atoms with van der Waals surface area (Å²) in [6, 6.07) is 4.43. The van der Waals surface area contributed by atoms with Gasteiger partial charge in [0.25, 0.3) is 5.91 Å². The first-order chi connectivity index (χ1) is 10.7. The fourth-order valence-electron chi connectivity index (χ4n) is 2.14. The molecular formula is C16H26N2O4S. The summed E-state index contributed by atoms with van der Waals surface area (Å²) in [6.07, 6.45) is 0. The third-order valence-electron chi connectivity index (χ3n) is 3.31. The summed E-state index contributed by atoms with van der Waals surface area (Å²) in [4.78, 5) is 13.8. The quantitative estimate of drug-likeness (QED) is 0.783. The number of aryl methyl sites for hydroxylation is 1. The molecule has 7 heteroatoms. The van der Waals surface area contributed by atoms with Gasteiger partial charge in [-0.15, -0.1) is 0 Å². The van der Waals surface area contributed by atoms with Crippen LogP contribution >= 0.6 is 0 Å². The Morgan fingerprint density at radius 2 is 1.87 bits per heavy atom. The highest BCUT2D eigenvalue weighted by molar-refractivity contribution is 7.89. The Balaban J connectivity index is 2.83. The summed E-state index contributed by atoms with van der Waals surface area (Å²) in [5.74, 6) is 0.418. The van der Waals surface area contributed by atoms with E-state index in [0.717, 1.165) is 0 Å². The minimum absolute atomic E-state index is 0.0567. The van der Waals surface area contributed by atoms with Crippen LogP contribution in [0.3, 0.4) is 0 Å². The fourth-order valence-corrected chi connectivity index (χ4v) is 3.47. The smallest absolute Gasteiger partial charge is 0.260 e. The van der Waals surface area contributed by atoms with E-state index in [4.69, 9.17) is 4.74 Å². The molecule has 1 amide bonds. The molecule has 0 aliphatic heterocycles. The minimum Gasteiger partial charge on any atom is -0.483 e. The van der Waals surface area contributed by atoms with Crippen LogP contribution in [-0.2, 0) is 14.8 Å². The number of benzene rings is 1. The average Bonchev–Trinajstić information content (AvgIpc) is 2.45. The zero-order chi connectivity index (χ0) is 17.6. The number of sulfonamides is 1. The van der Waals surface area contributed by atoms with Crippen molar-refractivity contribution < 1.29 is 17.9 Å². The molecule has 0 aromatic heterocycles. The summed E-state index contributed by atoms with van der Waals surface area (Å²) in [5.41, 5.74) is 0.670. The lowest BCUT2D eigenvalue weighted by Crippen LogP contribution is -2.34. The first-order valence-corrected chi connectivity index (χ1v) is 9.23. The van der Waals surface area contributed by atoms with Crippen molar-refractivity contribution in [2.24, 2.45) is 0 Å². The molecule has 0 spiro atoms. The topological polar surface area (TPSA) is 75.7 Å². The first-order valence-electron chi connectivity index (χ1n) is 7.74. The SMILES string of the molecule is CCN(CC)C(=O)COc1ccc(S(=O)(=O)NC(C)C)cc1C. The largest absolute Gasteiger partial charge is 0.483 e. The van der Waals surface area contributed by atoms with Gasteiger partial charge in [0.05, 0.1) is 4.90 Å². The second-order valence-corrected chi connectivity index (χ2v) is 7.27. The van der Waals surface area contributed by atoms with Crippen LogP contribution in [0.25, 0.3) is 0 Å². The van der Waals surface area contributed by atoms with Crippen molar-refractivity contribution in [2.75, 3.05) is 19.7 Å². The van der Waals surface area contributed by atoms with E-state index in [1.54, 1.807) is 37.8 Å². The molecule has 0 bridgehead atoms. The lowest BCUT2D eigenvalue weighted by molar-refractivity contribution is -0.132. The summed E-state index contributed by atoms with van der Waals surface area (Å²) < 4.78 is 32.3. The van der Waals surface area contributed by atoms with E-state index in [-0.39, 0.29) is 23.5 Å². The molecule has 0 aliphatic carbocycles. The van der Waals surface area contributed by atoms with Gasteiger partial charge in [0, 0.05) is 19.1 Å². The summed E-state index contributed by atoms with van der Waals surface area (Å²) in [5, 5.41) is 0. The lowest BCUT2D eigenvalue weighted by Gasteiger charge is -2.19. The monoisotopic (exact) mass is 342 g/mol. The van der Waals surface area contributed by atoms with Crippen molar-refractivity contribution in [3.8, 4) is 5.75 Å². The summed E-state index contributed by atoms with van der Waals surface area (Å²) in [6.45, 7) is 10.3. The maximum Gasteiger partial charge on any atom is 0.260 e. The third-order valence-corrected chi connectivity index (χ3v) is 4.97. The Labute approximate surface area is 138 Å². The van der Waals surface area contributed by atoms with E-state index in [2.05, 4.69) is 4.72 Å². The molecule has 6 nitrogen and oxygen atoms in total. The van der Waals surface area contributed by atoms with Crippen LogP contribution in [0.1, 0.15) is 33.3 Å². The Bertz CT molecular complexity index is 637. The zero-order valence-electron chi connectivity index (χ0n) is 14.4. The second kappa shape index (κ2) is 8.31. The van der Waals surface area contributed by atoms with Crippen molar-refractivity contribution in [2.45, 2.75) is 45.6 Å². The van der Waals surface area contributed by atoms with Crippen molar-refractivity contribution >= 4 is 15.9 Å². The summed E-state index contributed by atoms with van der Waals surface area (Å²) in [7, 11) is -3.53. The first kappa shape index (κ1) is 19.4. The van der Waals surface area contributed by atoms with Crippen molar-refractivity contribution in [1.82, 2.24) is 9.62 Å². The number of amides is 1. The number of carbonyl (C=O) groups is 1. The highest BCUT2D eigenvalue weighted by Crippen LogP contribution is 2.22. The Morgan fingerprint density at radius 3 is 2.35 bits per heavy atom. The summed E-state index contributed by atoms with van der Waals surface area (Å²) >= 11 is 0. The number of rotatable bonds is 8. The van der Waals surface area contributed by atoms with Crippen molar-refractivity contribution in [3.63, 3.8) is 0 Å². The molecule has 0 aliphatic rings. The molecular weight excluding hydrogens is 316 g/mol. The highest BCUT2D eigenvalue weighted by Gasteiger charge is 2.17. The number of carbonyl (C=O) groups excluding carboxylic acids is 1. The van der Waals surface area contributed by atoms with Gasteiger partial charge in [0.1, 0.15) is 5.75 Å². The van der Waals surface area contributed by atoms with Gasteiger partial charge in [-0.05, 0) is 58.4 Å². The van der Waals surface area contributed by atoms with E-state index < -0.39 is 10.0 Å². The molecule has 23 heavy (non-hydrogen) atoms. The molecule has 0 radical (unpaired) electrons. The van der Waals surface area contributed by atoms with Crippen LogP contribution in [0.5, 0.6) is 5.75 Å². The van der Waals surface area contributed by atoms with Crippen molar-refractivity contribution in [3.05, 3.63) is 23.8 Å². The number of hydrogen-bond donors (Lipinski definition) is 1. The third kappa shape index (κ3) is 5.51. The predicted molar refractivity (Wildman–Crippen MR) is 90.1 cm³/mol. The predicted octanol–water partition coefficient (Wildman–Crippen LogP) is 1.93. The number of nitrogens with one attached hydrogen (secondary N) is 1. The van der Waals surface area contributed by atoms with Crippen molar-refractivity contribution in [1.29, 1.82) is 0 Å². The normalized spacial score (nSPS) is 11.6. The van der Waals surface area contributed by atoms with Gasteiger partial charge in [-0.1, -0.05) is 0 Å². The Morgan fingerprint density at radius 1 is 1.26 bits per heavy atom. The maximum atomic E-state index is 12.1. The molecule has 130 valence electrons. The van der Waals surface area contributed by atoms with Gasteiger partial charge >= 0.3 is 0 Å². The fraction of sp³-hybridized carbons (Fsp3) is 0.562. The molecule has 0 atom stereocenters. The minimum atomic E-state index is -3.53. The van der Waals surface area contributed by atoms with Gasteiger partial charge in [0.15, 0.2) is 6.61 Å². The van der Waals surface area contributed by atoms with Gasteiger partial charge in [-0.2, -0.15) is 0 Å². The zero-order valence-corrected chi connectivity index (χ0v) is 15.2. The highest BCUT2D eigenvalue weighted by atomic mass is 32.2. The van der Waals surface area contributed by atoms with E-state index in [9.17, 15) is 13.2 Å². The van der Waals surface area contributed by atoms with Crippen LogP contribution in [-0.4, -0.2) is 45.0 Å². The molecule has 1 N–H and O–H groups in total. The molecule has 0 saturated carbocycles. The van der Waals surface area contributed by atoms with Crippen LogP contribution < -0.4 is 9.46 Å². The molecule has 1 aromatic rings. The number of likely N-dealkylation sites (N-methyl/N-ethyl adjacent to an activating group) is 1. The van der Waals surface area contributed by atoms with Crippen LogP contribution in [0.2, 0.25) is 0 Å². The number of ether oxygens (including phenoxy) is 1. The molecule has 0 fully saturated rings. The van der Waals surface area contributed by atoms with E-state index in [1.165, 1.54) is 6.07 Å². The van der Waals surface area contributed by atoms with Gasteiger partial charge in [-0.25, -0.2) is 13.1 Å². The van der Waals surface area contributed by atoms with E-state index in [1.807, 2.05) is 13.8 Å². The van der Waals surface area contributed by atoms with E-state index >= 15 is 0 Å². The van der Waals surface area contributed by atoms with Gasteiger partial charge in [-0.3, -0.25) is 4.79 Å². The number of nitrogens with zero attached hydrogens (tertiary/aromatic N) is 1. The maximum absolute atomic E-state index is 12.1. The second-order valence-electron chi connectivity index (χ2n) is 5.56. The molecule has 0 unspecified atom stereocenters. The van der Waals surface area contributed by atoms with Crippen LogP contribution in [0.4, 0.5) is 0 Å². The molecule has 0 saturated heterocycles. The average molecular weight is 342 g/mol. The van der Waals surface area contributed by atoms with Gasteiger partial charge in [0.2, 0.25) is 10.0 Å². The lowest BCUT2D eigenvalue weighted by atomic mass is 10.2. The molecule has 1 aromatic carbocycles. The van der Waals surface area contributed by atoms with Gasteiger partial charge < -0.3 is 9.64 Å². The Kier molecular flexibility index (Phi) is 7.02. The van der Waals surface area contributed by atoms with Crippen LogP contribution in [0.15, 0.2) is 23.1 Å². The standard InChI is InChI=1S/C16H26N2O4S/c1-6-18(7-2)16(19)11-22-15-9-8-14(10-13(15)5)23(20,21)17-12(3)4/h8-10,12,17H,6-7,11H2,1-5H3. The van der Waals surface area contributed by atoms with E-state index in [0.29, 0.717) is 24.4 Å². The molecule has 1 rings (SSSR count). The Hall–Kier alpha value is -1.60. The van der Waals surface area contributed by atoms with Crippen LogP contribution in [0, 0.1) is 6.92 Å². The molecule has 0 heterocycles. The number of hydrogen-bond acceptors (Lipinski definition) is 4.